The Kier molecular flexibility index (Phi) is 4.71. The van der Waals surface area contributed by atoms with Crippen LogP contribution in [0.3, 0.4) is 0 Å². The van der Waals surface area contributed by atoms with Crippen molar-refractivity contribution in [2.45, 2.75) is 77.4 Å². The van der Waals surface area contributed by atoms with Gasteiger partial charge in [0.15, 0.2) is 0 Å². The van der Waals surface area contributed by atoms with Crippen LogP contribution in [0, 0.1) is 17.8 Å². The van der Waals surface area contributed by atoms with E-state index in [2.05, 4.69) is 12.2 Å². The van der Waals surface area contributed by atoms with E-state index in [0.717, 1.165) is 43.2 Å². The predicted octanol–water partition coefficient (Wildman–Crippen LogP) is 3.34. The summed E-state index contributed by atoms with van der Waals surface area (Å²) < 4.78 is 0. The molecule has 2 aliphatic rings. The summed E-state index contributed by atoms with van der Waals surface area (Å²) in [6.07, 6.45) is 9.17. The summed E-state index contributed by atoms with van der Waals surface area (Å²) in [5.74, 6) is 2.89. The molecule has 2 saturated carbocycles. The van der Waals surface area contributed by atoms with E-state index >= 15 is 0 Å². The van der Waals surface area contributed by atoms with Gasteiger partial charge in [-0.1, -0.05) is 6.92 Å². The summed E-state index contributed by atoms with van der Waals surface area (Å²) in [5, 5.41) is 13.5. The van der Waals surface area contributed by atoms with Gasteiger partial charge in [-0.2, -0.15) is 0 Å². The van der Waals surface area contributed by atoms with Gasteiger partial charge in [0.2, 0.25) is 0 Å². The first kappa shape index (κ1) is 14.3. The number of hydrogen-bond donors (Lipinski definition) is 2. The molecule has 106 valence electrons. The fourth-order valence-electron chi connectivity index (χ4n) is 4.10. The van der Waals surface area contributed by atoms with Crippen molar-refractivity contribution in [3.8, 4) is 0 Å². The highest BCUT2D eigenvalue weighted by Gasteiger charge is 2.35. The van der Waals surface area contributed by atoms with Gasteiger partial charge < -0.3 is 10.4 Å². The second-order valence-electron chi connectivity index (χ2n) is 7.49. The Hall–Kier alpha value is -0.0800. The summed E-state index contributed by atoms with van der Waals surface area (Å²) in [6.45, 7) is 7.31. The van der Waals surface area contributed by atoms with Crippen molar-refractivity contribution >= 4 is 0 Å². The fourth-order valence-corrected chi connectivity index (χ4v) is 4.10. The lowest BCUT2D eigenvalue weighted by Gasteiger charge is -2.43. The molecule has 2 heteroatoms. The van der Waals surface area contributed by atoms with Gasteiger partial charge in [0.05, 0.1) is 5.60 Å². The van der Waals surface area contributed by atoms with Crippen LogP contribution in [0.2, 0.25) is 0 Å². The lowest BCUT2D eigenvalue weighted by Crippen LogP contribution is -2.44. The van der Waals surface area contributed by atoms with Crippen molar-refractivity contribution in [3.05, 3.63) is 0 Å². The molecule has 2 fully saturated rings. The average Bonchev–Trinajstić information content (AvgIpc) is 2.25. The van der Waals surface area contributed by atoms with Gasteiger partial charge in [0, 0.05) is 6.04 Å². The van der Waals surface area contributed by atoms with E-state index < -0.39 is 5.60 Å². The predicted molar refractivity (Wildman–Crippen MR) is 76.6 cm³/mol. The maximum atomic E-state index is 9.70. The number of rotatable bonds is 5. The van der Waals surface area contributed by atoms with E-state index in [9.17, 15) is 5.11 Å². The van der Waals surface area contributed by atoms with Crippen LogP contribution in [-0.2, 0) is 0 Å². The van der Waals surface area contributed by atoms with Gasteiger partial charge >= 0.3 is 0 Å². The SMILES string of the molecule is CC1CC2CCC(NCCCC(C)(C)O)C(C1)C2. The maximum absolute atomic E-state index is 9.70. The lowest BCUT2D eigenvalue weighted by atomic mass is 9.66. The molecular weight excluding hydrogens is 222 g/mol. The molecule has 0 amide bonds. The highest BCUT2D eigenvalue weighted by molar-refractivity contribution is 4.90. The van der Waals surface area contributed by atoms with Crippen LogP contribution in [0.4, 0.5) is 0 Å². The van der Waals surface area contributed by atoms with Gasteiger partial charge in [-0.05, 0) is 83.1 Å². The van der Waals surface area contributed by atoms with E-state index in [1.165, 1.54) is 32.1 Å². The Morgan fingerprint density at radius 3 is 2.67 bits per heavy atom. The number of aliphatic hydroxyl groups is 1. The standard InChI is InChI=1S/C16H31NO/c1-12-9-13-5-6-15(14(10-12)11-13)17-8-4-7-16(2,3)18/h12-15,17-18H,4-11H2,1-3H3. The molecule has 18 heavy (non-hydrogen) atoms. The molecule has 4 unspecified atom stereocenters. The molecule has 0 aliphatic heterocycles. The molecule has 2 aliphatic carbocycles. The van der Waals surface area contributed by atoms with Crippen molar-refractivity contribution in [1.82, 2.24) is 5.32 Å². The van der Waals surface area contributed by atoms with Crippen LogP contribution in [0.25, 0.3) is 0 Å². The van der Waals surface area contributed by atoms with E-state index in [0.29, 0.717) is 0 Å². The summed E-state index contributed by atoms with van der Waals surface area (Å²) in [7, 11) is 0. The monoisotopic (exact) mass is 253 g/mol. The molecule has 2 bridgehead atoms. The molecule has 0 aromatic carbocycles. The van der Waals surface area contributed by atoms with E-state index in [1.54, 1.807) is 0 Å². The molecule has 0 spiro atoms. The van der Waals surface area contributed by atoms with Crippen molar-refractivity contribution in [3.63, 3.8) is 0 Å². The molecule has 2 rings (SSSR count). The molecule has 0 radical (unpaired) electrons. The highest BCUT2D eigenvalue weighted by Crippen LogP contribution is 2.42. The molecular formula is C16H31NO. The number of hydrogen-bond acceptors (Lipinski definition) is 2. The molecule has 0 aromatic rings. The zero-order valence-corrected chi connectivity index (χ0v) is 12.4. The third-order valence-corrected chi connectivity index (χ3v) is 4.90. The summed E-state index contributed by atoms with van der Waals surface area (Å²) in [6, 6.07) is 0.755. The molecule has 2 N–H and O–H groups in total. The van der Waals surface area contributed by atoms with Crippen LogP contribution >= 0.6 is 0 Å². The van der Waals surface area contributed by atoms with Crippen molar-refractivity contribution in [2.75, 3.05) is 6.54 Å². The van der Waals surface area contributed by atoms with Crippen molar-refractivity contribution in [2.24, 2.45) is 17.8 Å². The van der Waals surface area contributed by atoms with E-state index in [-0.39, 0.29) is 0 Å². The minimum atomic E-state index is -0.501. The summed E-state index contributed by atoms with van der Waals surface area (Å²) in [4.78, 5) is 0. The summed E-state index contributed by atoms with van der Waals surface area (Å²) in [5.41, 5.74) is -0.501. The second kappa shape index (κ2) is 5.92. The number of fused-ring (bicyclic) bond motifs is 2. The quantitative estimate of drug-likeness (QED) is 0.737. The largest absolute Gasteiger partial charge is 0.390 e. The Morgan fingerprint density at radius 1 is 1.17 bits per heavy atom. The normalized spacial score (nSPS) is 36.7. The van der Waals surface area contributed by atoms with Gasteiger partial charge in [-0.25, -0.2) is 0 Å². The minimum Gasteiger partial charge on any atom is -0.390 e. The third-order valence-electron chi connectivity index (χ3n) is 4.90. The summed E-state index contributed by atoms with van der Waals surface area (Å²) >= 11 is 0. The molecule has 0 saturated heterocycles. The van der Waals surface area contributed by atoms with Crippen LogP contribution in [0.15, 0.2) is 0 Å². The zero-order chi connectivity index (χ0) is 13.2. The smallest absolute Gasteiger partial charge is 0.0592 e. The van der Waals surface area contributed by atoms with Gasteiger partial charge in [0.25, 0.3) is 0 Å². The first-order chi connectivity index (χ1) is 8.44. The first-order valence-electron chi connectivity index (χ1n) is 7.90. The molecule has 4 atom stereocenters. The Labute approximate surface area is 113 Å². The number of nitrogens with one attached hydrogen (secondary N) is 1. The maximum Gasteiger partial charge on any atom is 0.0592 e. The van der Waals surface area contributed by atoms with Gasteiger partial charge in [-0.15, -0.1) is 0 Å². The van der Waals surface area contributed by atoms with Crippen LogP contribution in [-0.4, -0.2) is 23.3 Å². The lowest BCUT2D eigenvalue weighted by molar-refractivity contribution is 0.0667. The van der Waals surface area contributed by atoms with Gasteiger partial charge in [-0.3, -0.25) is 0 Å². The van der Waals surface area contributed by atoms with Crippen LogP contribution in [0.5, 0.6) is 0 Å². The highest BCUT2D eigenvalue weighted by atomic mass is 16.3. The third kappa shape index (κ3) is 4.24. The minimum absolute atomic E-state index is 0.501. The van der Waals surface area contributed by atoms with Crippen molar-refractivity contribution in [1.29, 1.82) is 0 Å². The first-order valence-corrected chi connectivity index (χ1v) is 7.90. The van der Waals surface area contributed by atoms with E-state index in [4.69, 9.17) is 0 Å². The van der Waals surface area contributed by atoms with E-state index in [1.807, 2.05) is 13.8 Å². The van der Waals surface area contributed by atoms with Crippen LogP contribution < -0.4 is 5.32 Å². The Bertz CT molecular complexity index is 256. The molecule has 0 aromatic heterocycles. The zero-order valence-electron chi connectivity index (χ0n) is 12.4. The molecule has 0 heterocycles. The van der Waals surface area contributed by atoms with Crippen molar-refractivity contribution < 1.29 is 5.11 Å². The Morgan fingerprint density at radius 2 is 1.94 bits per heavy atom. The van der Waals surface area contributed by atoms with Crippen LogP contribution in [0.1, 0.15) is 65.7 Å². The second-order valence-corrected chi connectivity index (χ2v) is 7.49. The topological polar surface area (TPSA) is 32.3 Å². The van der Waals surface area contributed by atoms with Gasteiger partial charge in [0.1, 0.15) is 0 Å². The average molecular weight is 253 g/mol. The molecule has 2 nitrogen and oxygen atoms in total. The Balaban J connectivity index is 1.70. The fraction of sp³-hybridized carbons (Fsp3) is 1.00.